The Balaban J connectivity index is 0. The Morgan fingerprint density at radius 3 is 0.517 bits per heavy atom. The van der Waals surface area contributed by atoms with Crippen LogP contribution in [0, 0.1) is 0 Å². The minimum Gasteiger partial charge on any atom is -0.330 e. The van der Waals surface area contributed by atoms with Gasteiger partial charge in [-0.3, -0.25) is 0 Å². The predicted octanol–water partition coefficient (Wildman–Crippen LogP) is 21.6. The highest BCUT2D eigenvalue weighted by Crippen LogP contribution is 2.21. The van der Waals surface area contributed by atoms with E-state index in [0.717, 1.165) is 11.4 Å². The standard InChI is InChI=1S/C37H75Br.C19H41N/c1-3-5-7-9-11-13-15-17-19-21-23-25-27-29-31-33-35-37(38)36-34-32-30-28-26-24-22-20-18-16-14-12-10-8-6-4-2;1-2-3-4-5-6-7-8-9-10-11-12-13-14-15-16-17-18-19-20/h37H,3-36H2,1-2H3;2-20H2,1H3. The Bertz CT molecular complexity index is 597. The molecule has 1 nitrogen and oxygen atoms in total. The normalized spacial score (nSPS) is 11.5. The number of rotatable bonds is 51. The molecule has 0 rings (SSSR count). The Morgan fingerprint density at radius 1 is 0.224 bits per heavy atom. The molecule has 0 heterocycles. The summed E-state index contributed by atoms with van der Waals surface area (Å²) in [7, 11) is 0. The Labute approximate surface area is 379 Å². The van der Waals surface area contributed by atoms with Crippen LogP contribution in [0.2, 0.25) is 0 Å². The van der Waals surface area contributed by atoms with Crippen molar-refractivity contribution in [3.8, 4) is 0 Å². The van der Waals surface area contributed by atoms with Gasteiger partial charge in [0.1, 0.15) is 0 Å². The molecule has 0 fully saturated rings. The van der Waals surface area contributed by atoms with Crippen molar-refractivity contribution in [2.45, 2.75) is 353 Å². The quantitative estimate of drug-likeness (QED) is 0.0478. The lowest BCUT2D eigenvalue weighted by molar-refractivity contribution is 0.516. The van der Waals surface area contributed by atoms with Gasteiger partial charge in [-0.25, -0.2) is 0 Å². The van der Waals surface area contributed by atoms with Gasteiger partial charge < -0.3 is 5.73 Å². The fraction of sp³-hybridized carbons (Fsp3) is 1.00. The van der Waals surface area contributed by atoms with Crippen LogP contribution in [0.4, 0.5) is 0 Å². The second kappa shape index (κ2) is 59.5. The van der Waals surface area contributed by atoms with E-state index in [1.165, 1.54) is 327 Å². The van der Waals surface area contributed by atoms with Gasteiger partial charge in [0.15, 0.2) is 0 Å². The van der Waals surface area contributed by atoms with Crippen LogP contribution in [-0.4, -0.2) is 11.4 Å². The molecule has 0 aliphatic heterocycles. The molecule has 0 aliphatic rings. The van der Waals surface area contributed by atoms with Crippen LogP contribution in [0.15, 0.2) is 0 Å². The molecule has 0 spiro atoms. The van der Waals surface area contributed by atoms with Crippen LogP contribution in [0.25, 0.3) is 0 Å². The minimum absolute atomic E-state index is 0.779. The zero-order valence-electron chi connectivity index (χ0n) is 41.3. The van der Waals surface area contributed by atoms with Crippen molar-refractivity contribution in [1.29, 1.82) is 0 Å². The monoisotopic (exact) mass is 882 g/mol. The molecule has 0 aromatic rings. The van der Waals surface area contributed by atoms with E-state index in [0.29, 0.717) is 0 Å². The van der Waals surface area contributed by atoms with Crippen LogP contribution < -0.4 is 5.73 Å². The van der Waals surface area contributed by atoms with Gasteiger partial charge in [-0.2, -0.15) is 0 Å². The number of unbranched alkanes of at least 4 members (excludes halogenated alkanes) is 46. The molecule has 0 amide bonds. The van der Waals surface area contributed by atoms with E-state index in [4.69, 9.17) is 5.73 Å². The molecular weight excluding hydrogens is 767 g/mol. The number of alkyl halides is 1. The lowest BCUT2D eigenvalue weighted by Crippen LogP contribution is -1.98. The lowest BCUT2D eigenvalue weighted by atomic mass is 10.0. The fourth-order valence-corrected chi connectivity index (χ4v) is 9.49. The summed E-state index contributed by atoms with van der Waals surface area (Å²) in [5.41, 5.74) is 5.49. The molecule has 0 atom stereocenters. The Kier molecular flexibility index (Phi) is 62.1. The molecule has 352 valence electrons. The highest BCUT2D eigenvalue weighted by molar-refractivity contribution is 9.09. The van der Waals surface area contributed by atoms with Gasteiger partial charge in [0.05, 0.1) is 0 Å². The van der Waals surface area contributed by atoms with Crippen molar-refractivity contribution in [3.63, 3.8) is 0 Å². The smallest absolute Gasteiger partial charge is 0.0145 e. The summed E-state index contributed by atoms with van der Waals surface area (Å²) in [6.45, 7) is 7.78. The van der Waals surface area contributed by atoms with E-state index >= 15 is 0 Å². The summed E-state index contributed by atoms with van der Waals surface area (Å²) in [4.78, 5) is 0.779. The lowest BCUT2D eigenvalue weighted by Gasteiger charge is -2.09. The molecule has 58 heavy (non-hydrogen) atoms. The third kappa shape index (κ3) is 60.7. The molecule has 2 heteroatoms. The van der Waals surface area contributed by atoms with Gasteiger partial charge in [0, 0.05) is 4.83 Å². The molecule has 0 aromatic carbocycles. The molecule has 0 aliphatic carbocycles. The fourth-order valence-electron chi connectivity index (χ4n) is 8.84. The van der Waals surface area contributed by atoms with Crippen molar-refractivity contribution in [2.75, 3.05) is 6.54 Å². The summed E-state index contributed by atoms with van der Waals surface area (Å²) in [5, 5.41) is 0. The third-order valence-electron chi connectivity index (χ3n) is 13.0. The maximum atomic E-state index is 5.49. The minimum atomic E-state index is 0.779. The van der Waals surface area contributed by atoms with Crippen molar-refractivity contribution in [3.05, 3.63) is 0 Å². The predicted molar refractivity (Wildman–Crippen MR) is 274 cm³/mol. The van der Waals surface area contributed by atoms with Gasteiger partial charge in [-0.1, -0.05) is 345 Å². The maximum absolute atomic E-state index is 5.49. The highest BCUT2D eigenvalue weighted by atomic mass is 79.9. The molecular formula is C56H116BrN. The van der Waals surface area contributed by atoms with E-state index in [1.807, 2.05) is 0 Å². The van der Waals surface area contributed by atoms with Gasteiger partial charge in [-0.05, 0) is 25.8 Å². The summed E-state index contributed by atoms with van der Waals surface area (Å²) >= 11 is 3.97. The van der Waals surface area contributed by atoms with E-state index in [9.17, 15) is 0 Å². The van der Waals surface area contributed by atoms with Crippen molar-refractivity contribution < 1.29 is 0 Å². The molecule has 0 unspecified atom stereocenters. The van der Waals surface area contributed by atoms with Crippen LogP contribution in [0.1, 0.15) is 348 Å². The van der Waals surface area contributed by atoms with Crippen LogP contribution in [0.5, 0.6) is 0 Å². The summed E-state index contributed by atoms with van der Waals surface area (Å²) in [6.07, 6.45) is 74.1. The third-order valence-corrected chi connectivity index (χ3v) is 14.0. The van der Waals surface area contributed by atoms with Crippen LogP contribution in [0.3, 0.4) is 0 Å². The molecule has 0 radical (unpaired) electrons. The molecule has 2 N–H and O–H groups in total. The summed E-state index contributed by atoms with van der Waals surface area (Å²) < 4.78 is 0. The second-order valence-electron chi connectivity index (χ2n) is 19.2. The first-order valence-electron chi connectivity index (χ1n) is 28.1. The van der Waals surface area contributed by atoms with Gasteiger partial charge in [0.25, 0.3) is 0 Å². The zero-order valence-corrected chi connectivity index (χ0v) is 42.9. The van der Waals surface area contributed by atoms with Crippen molar-refractivity contribution in [1.82, 2.24) is 0 Å². The largest absolute Gasteiger partial charge is 0.330 e. The number of nitrogens with two attached hydrogens (primary N) is 1. The maximum Gasteiger partial charge on any atom is 0.0145 e. The Morgan fingerprint density at radius 2 is 0.362 bits per heavy atom. The number of hydrogen-bond acceptors (Lipinski definition) is 1. The van der Waals surface area contributed by atoms with E-state index < -0.39 is 0 Å². The molecule has 0 saturated heterocycles. The zero-order chi connectivity index (χ0) is 42.3. The van der Waals surface area contributed by atoms with E-state index in [-0.39, 0.29) is 0 Å². The summed E-state index contributed by atoms with van der Waals surface area (Å²) in [6, 6.07) is 0. The van der Waals surface area contributed by atoms with Crippen LogP contribution in [-0.2, 0) is 0 Å². The first-order chi connectivity index (χ1) is 28.7. The highest BCUT2D eigenvalue weighted by Gasteiger charge is 2.04. The van der Waals surface area contributed by atoms with E-state index in [2.05, 4.69) is 36.7 Å². The molecule has 0 aromatic heterocycles. The van der Waals surface area contributed by atoms with Crippen molar-refractivity contribution in [2.24, 2.45) is 5.73 Å². The Hall–Kier alpha value is 0.440. The topological polar surface area (TPSA) is 26.0 Å². The number of hydrogen-bond donors (Lipinski definition) is 1. The molecule has 0 saturated carbocycles. The van der Waals surface area contributed by atoms with Gasteiger partial charge in [-0.15, -0.1) is 0 Å². The van der Waals surface area contributed by atoms with E-state index in [1.54, 1.807) is 0 Å². The van der Waals surface area contributed by atoms with Gasteiger partial charge in [0.2, 0.25) is 0 Å². The average molecular weight is 883 g/mol. The average Bonchev–Trinajstić information content (AvgIpc) is 3.23. The first-order valence-corrected chi connectivity index (χ1v) is 29.0. The van der Waals surface area contributed by atoms with Crippen molar-refractivity contribution >= 4 is 15.9 Å². The second-order valence-corrected chi connectivity index (χ2v) is 20.5. The van der Waals surface area contributed by atoms with Crippen LogP contribution >= 0.6 is 15.9 Å². The first kappa shape index (κ1) is 60.5. The SMILES string of the molecule is CCCCCCCCCCCCCCCCCCC(Br)CCCCCCCCCCCCCCCCCC.CCCCCCCCCCCCCCCCCCCN. The molecule has 0 bridgehead atoms. The van der Waals surface area contributed by atoms with Gasteiger partial charge >= 0.3 is 0 Å². The number of halogens is 1. The summed E-state index contributed by atoms with van der Waals surface area (Å²) in [5.74, 6) is 0.